The van der Waals surface area contributed by atoms with Crippen molar-refractivity contribution in [1.29, 1.82) is 0 Å². The monoisotopic (exact) mass is 345 g/mol. The van der Waals surface area contributed by atoms with E-state index in [-0.39, 0.29) is 5.91 Å². The average Bonchev–Trinajstić information content (AvgIpc) is 2.88. The van der Waals surface area contributed by atoms with Gasteiger partial charge in [0.15, 0.2) is 0 Å². The van der Waals surface area contributed by atoms with Gasteiger partial charge in [0.05, 0.1) is 16.8 Å². The van der Waals surface area contributed by atoms with Gasteiger partial charge in [-0.05, 0) is 36.2 Å². The van der Waals surface area contributed by atoms with E-state index in [1.54, 1.807) is 24.4 Å². The summed E-state index contributed by atoms with van der Waals surface area (Å²) in [7, 11) is 0. The van der Waals surface area contributed by atoms with Crippen LogP contribution >= 0.6 is 23.2 Å². The van der Waals surface area contributed by atoms with Crippen molar-refractivity contribution in [2.24, 2.45) is 5.10 Å². The van der Waals surface area contributed by atoms with Crippen LogP contribution in [0.3, 0.4) is 0 Å². The van der Waals surface area contributed by atoms with Crippen LogP contribution in [0.1, 0.15) is 21.6 Å². The molecule has 0 unspecified atom stereocenters. The number of hydrazone groups is 1. The number of halogens is 2. The largest absolute Gasteiger partial charge is 0.349 e. The third kappa shape index (κ3) is 3.23. The molecule has 0 aliphatic heterocycles. The van der Waals surface area contributed by atoms with Crippen molar-refractivity contribution in [3.63, 3.8) is 0 Å². The summed E-state index contributed by atoms with van der Waals surface area (Å²) in [5, 5.41) is 6.11. The summed E-state index contributed by atoms with van der Waals surface area (Å²) in [5.41, 5.74) is 5.37. The van der Waals surface area contributed by atoms with Gasteiger partial charge < -0.3 is 4.98 Å². The predicted octanol–water partition coefficient (Wildman–Crippen LogP) is 4.55. The number of carbonyl (C=O) groups excluding carboxylic acids is 1. The van der Waals surface area contributed by atoms with Crippen LogP contribution in [0.15, 0.2) is 47.6 Å². The van der Waals surface area contributed by atoms with Crippen LogP contribution in [0.5, 0.6) is 0 Å². The first kappa shape index (κ1) is 15.6. The number of aromatic nitrogens is 1. The number of benzene rings is 2. The molecule has 3 aromatic rings. The van der Waals surface area contributed by atoms with E-state index >= 15 is 0 Å². The second kappa shape index (κ2) is 6.44. The lowest BCUT2D eigenvalue weighted by Crippen LogP contribution is -2.18. The number of rotatable bonds is 3. The number of hydrogen-bond donors (Lipinski definition) is 2. The first-order chi connectivity index (χ1) is 11.1. The van der Waals surface area contributed by atoms with Crippen LogP contribution < -0.4 is 5.43 Å². The predicted molar refractivity (Wildman–Crippen MR) is 94.6 cm³/mol. The topological polar surface area (TPSA) is 57.2 Å². The molecule has 0 radical (unpaired) electrons. The third-order valence-corrected chi connectivity index (χ3v) is 4.09. The number of hydrogen-bond acceptors (Lipinski definition) is 2. The second-order valence-electron chi connectivity index (χ2n) is 5.04. The number of nitrogens with zero attached hydrogens (tertiary/aromatic N) is 1. The Balaban J connectivity index is 1.80. The Kier molecular flexibility index (Phi) is 4.37. The molecule has 0 bridgehead atoms. The zero-order chi connectivity index (χ0) is 16.4. The van der Waals surface area contributed by atoms with E-state index in [0.717, 1.165) is 22.0 Å². The van der Waals surface area contributed by atoms with Crippen LogP contribution in [-0.4, -0.2) is 17.1 Å². The number of aryl methyl sites for hydroxylation is 1. The van der Waals surface area contributed by atoms with Crippen molar-refractivity contribution in [2.45, 2.75) is 6.92 Å². The van der Waals surface area contributed by atoms with Gasteiger partial charge in [-0.25, -0.2) is 5.43 Å². The molecule has 1 amide bonds. The minimum absolute atomic E-state index is 0.319. The minimum Gasteiger partial charge on any atom is -0.349 e. The molecule has 0 aliphatic carbocycles. The lowest BCUT2D eigenvalue weighted by atomic mass is 10.1. The zero-order valence-electron chi connectivity index (χ0n) is 12.2. The summed E-state index contributed by atoms with van der Waals surface area (Å²) in [5.74, 6) is -0.319. The van der Waals surface area contributed by atoms with Crippen LogP contribution in [0.25, 0.3) is 10.9 Å². The number of aromatic amines is 1. The maximum absolute atomic E-state index is 12.3. The highest BCUT2D eigenvalue weighted by Crippen LogP contribution is 2.27. The maximum Gasteiger partial charge on any atom is 0.288 e. The minimum atomic E-state index is -0.319. The Morgan fingerprint density at radius 1 is 1.17 bits per heavy atom. The summed E-state index contributed by atoms with van der Waals surface area (Å²) in [6, 6.07) is 12.7. The molecule has 0 spiro atoms. The number of nitrogens with one attached hydrogen (secondary N) is 2. The lowest BCUT2D eigenvalue weighted by Gasteiger charge is -1.99. The van der Waals surface area contributed by atoms with E-state index < -0.39 is 0 Å². The van der Waals surface area contributed by atoms with Gasteiger partial charge >= 0.3 is 0 Å². The summed E-state index contributed by atoms with van der Waals surface area (Å²) in [6.07, 6.45) is 1.55. The van der Waals surface area contributed by atoms with Crippen LogP contribution in [0.4, 0.5) is 0 Å². The SMILES string of the molecule is Cc1c(C(=O)NN=Cc2ccc(Cl)cc2)[nH]c2c(Cl)cccc12. The van der Waals surface area contributed by atoms with Crippen molar-refractivity contribution < 1.29 is 4.79 Å². The van der Waals surface area contributed by atoms with E-state index in [4.69, 9.17) is 23.2 Å². The fraction of sp³-hybridized carbons (Fsp3) is 0.0588. The van der Waals surface area contributed by atoms with Crippen molar-refractivity contribution in [3.8, 4) is 0 Å². The van der Waals surface area contributed by atoms with Crippen molar-refractivity contribution in [1.82, 2.24) is 10.4 Å². The van der Waals surface area contributed by atoms with E-state index in [1.807, 2.05) is 31.2 Å². The smallest absolute Gasteiger partial charge is 0.288 e. The average molecular weight is 346 g/mol. The Bertz CT molecular complexity index is 898. The normalized spacial score (nSPS) is 11.3. The summed E-state index contributed by atoms with van der Waals surface area (Å²) >= 11 is 12.0. The number of carbonyl (C=O) groups is 1. The van der Waals surface area contributed by atoms with Crippen molar-refractivity contribution in [3.05, 3.63) is 69.3 Å². The Morgan fingerprint density at radius 3 is 2.61 bits per heavy atom. The summed E-state index contributed by atoms with van der Waals surface area (Å²) < 4.78 is 0. The molecule has 116 valence electrons. The van der Waals surface area contributed by atoms with E-state index in [2.05, 4.69) is 15.5 Å². The molecule has 6 heteroatoms. The van der Waals surface area contributed by atoms with E-state index in [1.165, 1.54) is 0 Å². The quantitative estimate of drug-likeness (QED) is 0.531. The molecule has 0 atom stereocenters. The summed E-state index contributed by atoms with van der Waals surface area (Å²) in [6.45, 7) is 1.87. The van der Waals surface area contributed by atoms with Crippen LogP contribution in [-0.2, 0) is 0 Å². The molecule has 4 nitrogen and oxygen atoms in total. The van der Waals surface area contributed by atoms with Crippen molar-refractivity contribution in [2.75, 3.05) is 0 Å². The summed E-state index contributed by atoms with van der Waals surface area (Å²) in [4.78, 5) is 15.3. The van der Waals surface area contributed by atoms with Gasteiger partial charge in [-0.1, -0.05) is 47.5 Å². The molecule has 2 aromatic carbocycles. The Morgan fingerprint density at radius 2 is 1.91 bits per heavy atom. The fourth-order valence-electron chi connectivity index (χ4n) is 2.31. The number of H-pyrrole nitrogens is 1. The molecule has 3 rings (SSSR count). The molecular formula is C17H13Cl2N3O. The molecule has 0 fully saturated rings. The highest BCUT2D eigenvalue weighted by molar-refractivity contribution is 6.35. The fourth-order valence-corrected chi connectivity index (χ4v) is 2.66. The van der Waals surface area contributed by atoms with Crippen molar-refractivity contribution >= 4 is 46.2 Å². The molecule has 0 saturated heterocycles. The first-order valence-corrected chi connectivity index (χ1v) is 7.67. The molecule has 0 aliphatic rings. The lowest BCUT2D eigenvalue weighted by molar-refractivity contribution is 0.0950. The molecule has 2 N–H and O–H groups in total. The van der Waals surface area contributed by atoms with E-state index in [9.17, 15) is 4.79 Å². The number of para-hydroxylation sites is 1. The number of fused-ring (bicyclic) bond motifs is 1. The van der Waals surface area contributed by atoms with Gasteiger partial charge in [0, 0.05) is 10.4 Å². The second-order valence-corrected chi connectivity index (χ2v) is 5.88. The van der Waals surface area contributed by atoms with Gasteiger partial charge in [0.2, 0.25) is 0 Å². The molecule has 23 heavy (non-hydrogen) atoms. The maximum atomic E-state index is 12.3. The van der Waals surface area contributed by atoms with E-state index in [0.29, 0.717) is 15.7 Å². The van der Waals surface area contributed by atoms with Gasteiger partial charge in [-0.2, -0.15) is 5.10 Å². The standard InChI is InChI=1S/C17H13Cl2N3O/c1-10-13-3-2-4-14(19)16(13)21-15(10)17(23)22-20-9-11-5-7-12(18)8-6-11/h2-9,21H,1H3,(H,22,23). The molecule has 0 saturated carbocycles. The Labute approximate surface area is 143 Å². The molecular weight excluding hydrogens is 333 g/mol. The number of amides is 1. The van der Waals surface area contributed by atoms with Gasteiger partial charge in [-0.3, -0.25) is 4.79 Å². The Hall–Kier alpha value is -2.30. The van der Waals surface area contributed by atoms with Gasteiger partial charge in [0.25, 0.3) is 5.91 Å². The molecule has 1 aromatic heterocycles. The first-order valence-electron chi connectivity index (χ1n) is 6.92. The highest BCUT2D eigenvalue weighted by Gasteiger charge is 2.15. The zero-order valence-corrected chi connectivity index (χ0v) is 13.7. The van der Waals surface area contributed by atoms with Gasteiger partial charge in [0.1, 0.15) is 5.69 Å². The third-order valence-electron chi connectivity index (χ3n) is 3.52. The van der Waals surface area contributed by atoms with Gasteiger partial charge in [-0.15, -0.1) is 0 Å². The van der Waals surface area contributed by atoms with Crippen LogP contribution in [0.2, 0.25) is 10.0 Å². The van der Waals surface area contributed by atoms with Crippen LogP contribution in [0, 0.1) is 6.92 Å². The highest BCUT2D eigenvalue weighted by atomic mass is 35.5. The molecule has 1 heterocycles.